The van der Waals surface area contributed by atoms with Crippen molar-refractivity contribution in [2.45, 2.75) is 33.4 Å². The van der Waals surface area contributed by atoms with Crippen LogP contribution in [0.3, 0.4) is 0 Å². The van der Waals surface area contributed by atoms with Crippen molar-refractivity contribution in [1.29, 1.82) is 0 Å². The van der Waals surface area contributed by atoms with Gasteiger partial charge in [-0.2, -0.15) is 0 Å². The smallest absolute Gasteiger partial charge is 0.234 e. The number of nitrogens with zero attached hydrogens (tertiary/aromatic N) is 1. The molecule has 0 radical (unpaired) electrons. The highest BCUT2D eigenvalue weighted by Crippen LogP contribution is 2.33. The Balaban J connectivity index is 1.58. The van der Waals surface area contributed by atoms with Crippen molar-refractivity contribution < 1.29 is 18.7 Å². The molecular weight excluding hydrogens is 359 g/mol. The minimum absolute atomic E-state index is 0.0382. The predicted octanol–water partition coefficient (Wildman–Crippen LogP) is 3.30. The van der Waals surface area contributed by atoms with Gasteiger partial charge in [0.05, 0.1) is 19.8 Å². The van der Waals surface area contributed by atoms with Crippen LogP contribution in [0.5, 0.6) is 11.5 Å². The molecule has 0 spiro atoms. The number of hydrogen-bond acceptors (Lipinski definition) is 4. The second kappa shape index (κ2) is 9.55. The van der Waals surface area contributed by atoms with Crippen LogP contribution in [0.4, 0.5) is 4.39 Å². The maximum atomic E-state index is 12.9. The molecular formula is C22H27FN2O3. The highest BCUT2D eigenvalue weighted by Gasteiger charge is 2.21. The Kier molecular flexibility index (Phi) is 6.87. The molecule has 0 aromatic heterocycles. The Bertz CT molecular complexity index is 808. The van der Waals surface area contributed by atoms with Crippen LogP contribution in [0, 0.1) is 5.82 Å². The van der Waals surface area contributed by atoms with Crippen molar-refractivity contribution in [3.8, 4) is 11.5 Å². The molecule has 1 N–H and O–H groups in total. The van der Waals surface area contributed by atoms with E-state index in [1.807, 2.05) is 19.9 Å². The average molecular weight is 386 g/mol. The third-order valence-electron chi connectivity index (χ3n) is 4.73. The van der Waals surface area contributed by atoms with E-state index in [-0.39, 0.29) is 11.7 Å². The fourth-order valence-corrected chi connectivity index (χ4v) is 3.36. The maximum absolute atomic E-state index is 12.9. The molecule has 1 aliphatic heterocycles. The largest absolute Gasteiger partial charge is 0.490 e. The summed E-state index contributed by atoms with van der Waals surface area (Å²) >= 11 is 0. The molecule has 0 unspecified atom stereocenters. The minimum atomic E-state index is -0.277. The summed E-state index contributed by atoms with van der Waals surface area (Å²) in [6.07, 6.45) is 0.868. The van der Waals surface area contributed by atoms with Gasteiger partial charge in [0, 0.05) is 19.6 Å². The van der Waals surface area contributed by atoms with Crippen LogP contribution >= 0.6 is 0 Å². The molecule has 150 valence electrons. The molecule has 0 aliphatic carbocycles. The lowest BCUT2D eigenvalue weighted by Gasteiger charge is -2.29. The highest BCUT2D eigenvalue weighted by atomic mass is 19.1. The van der Waals surface area contributed by atoms with E-state index in [9.17, 15) is 9.18 Å². The first-order chi connectivity index (χ1) is 13.6. The number of nitrogens with one attached hydrogen (secondary N) is 1. The second-order valence-electron chi connectivity index (χ2n) is 6.80. The van der Waals surface area contributed by atoms with E-state index in [1.165, 1.54) is 23.3 Å². The molecule has 0 atom stereocenters. The van der Waals surface area contributed by atoms with Crippen LogP contribution in [-0.2, 0) is 24.3 Å². The molecule has 6 heteroatoms. The first kappa shape index (κ1) is 20.1. The van der Waals surface area contributed by atoms with Crippen LogP contribution in [-0.4, -0.2) is 37.1 Å². The molecule has 1 aliphatic rings. The van der Waals surface area contributed by atoms with Gasteiger partial charge in [-0.15, -0.1) is 0 Å². The van der Waals surface area contributed by atoms with Gasteiger partial charge < -0.3 is 14.8 Å². The fraction of sp³-hybridized carbons (Fsp3) is 0.409. The van der Waals surface area contributed by atoms with Gasteiger partial charge in [-0.05, 0) is 61.2 Å². The molecule has 0 fully saturated rings. The summed E-state index contributed by atoms with van der Waals surface area (Å²) in [5.74, 6) is 1.23. The summed E-state index contributed by atoms with van der Waals surface area (Å²) in [4.78, 5) is 14.4. The van der Waals surface area contributed by atoms with E-state index >= 15 is 0 Å². The Morgan fingerprint density at radius 1 is 1.07 bits per heavy atom. The number of halogens is 1. The second-order valence-corrected chi connectivity index (χ2v) is 6.80. The summed E-state index contributed by atoms with van der Waals surface area (Å²) in [5.41, 5.74) is 3.29. The summed E-state index contributed by atoms with van der Waals surface area (Å²) < 4.78 is 24.4. The highest BCUT2D eigenvalue weighted by molar-refractivity contribution is 5.78. The number of ether oxygens (including phenoxy) is 2. The van der Waals surface area contributed by atoms with Crippen LogP contribution in [0.1, 0.15) is 30.5 Å². The monoisotopic (exact) mass is 386 g/mol. The first-order valence-electron chi connectivity index (χ1n) is 9.74. The Morgan fingerprint density at radius 3 is 2.36 bits per heavy atom. The molecule has 1 heterocycles. The van der Waals surface area contributed by atoms with Crippen molar-refractivity contribution in [2.75, 3.05) is 26.3 Å². The van der Waals surface area contributed by atoms with E-state index in [1.54, 1.807) is 12.1 Å². The molecule has 0 bridgehead atoms. The zero-order valence-corrected chi connectivity index (χ0v) is 16.5. The van der Waals surface area contributed by atoms with Crippen molar-refractivity contribution in [1.82, 2.24) is 10.2 Å². The van der Waals surface area contributed by atoms with E-state index in [0.29, 0.717) is 32.8 Å². The zero-order valence-electron chi connectivity index (χ0n) is 16.5. The van der Waals surface area contributed by atoms with Crippen LogP contribution in [0.15, 0.2) is 36.4 Å². The summed E-state index contributed by atoms with van der Waals surface area (Å²) in [6.45, 7) is 7.33. The number of carbonyl (C=O) groups is 1. The number of rotatable bonds is 8. The van der Waals surface area contributed by atoms with Gasteiger partial charge in [-0.3, -0.25) is 9.69 Å². The first-order valence-corrected chi connectivity index (χ1v) is 9.74. The molecule has 3 rings (SSSR count). The van der Waals surface area contributed by atoms with Crippen molar-refractivity contribution >= 4 is 5.91 Å². The van der Waals surface area contributed by atoms with Gasteiger partial charge in [0.2, 0.25) is 5.91 Å². The van der Waals surface area contributed by atoms with Gasteiger partial charge in [-0.25, -0.2) is 4.39 Å². The van der Waals surface area contributed by atoms with E-state index in [4.69, 9.17) is 9.47 Å². The fourth-order valence-electron chi connectivity index (χ4n) is 3.36. The molecule has 0 saturated carbocycles. The van der Waals surface area contributed by atoms with Crippen LogP contribution in [0.25, 0.3) is 0 Å². The Labute approximate surface area is 165 Å². The number of hydrogen-bond donors (Lipinski definition) is 1. The van der Waals surface area contributed by atoms with Crippen LogP contribution < -0.4 is 14.8 Å². The summed E-state index contributed by atoms with van der Waals surface area (Å²) in [7, 11) is 0. The van der Waals surface area contributed by atoms with E-state index in [2.05, 4.69) is 16.3 Å². The third kappa shape index (κ3) is 5.23. The van der Waals surface area contributed by atoms with Gasteiger partial charge in [0.15, 0.2) is 11.5 Å². The molecule has 0 saturated heterocycles. The van der Waals surface area contributed by atoms with Gasteiger partial charge >= 0.3 is 0 Å². The summed E-state index contributed by atoms with van der Waals surface area (Å²) in [5, 5.41) is 2.90. The molecule has 28 heavy (non-hydrogen) atoms. The van der Waals surface area contributed by atoms with Gasteiger partial charge in [0.1, 0.15) is 5.82 Å². The van der Waals surface area contributed by atoms with E-state index < -0.39 is 0 Å². The standard InChI is InChI=1S/C22H27FN2O3/c1-3-27-20-11-17-9-10-25(14-18(17)12-21(20)28-4-2)15-22(26)24-13-16-5-7-19(23)8-6-16/h5-8,11-12H,3-4,9-10,13-15H2,1-2H3,(H,24,26). The number of carbonyl (C=O) groups excluding carboxylic acids is 1. The lowest BCUT2D eigenvalue weighted by atomic mass is 9.98. The number of fused-ring (bicyclic) bond motifs is 1. The lowest BCUT2D eigenvalue weighted by Crippen LogP contribution is -2.39. The predicted molar refractivity (Wildman–Crippen MR) is 106 cm³/mol. The molecule has 5 nitrogen and oxygen atoms in total. The number of benzene rings is 2. The third-order valence-corrected chi connectivity index (χ3v) is 4.73. The quantitative estimate of drug-likeness (QED) is 0.756. The minimum Gasteiger partial charge on any atom is -0.490 e. The normalized spacial score (nSPS) is 13.7. The lowest BCUT2D eigenvalue weighted by molar-refractivity contribution is -0.122. The average Bonchev–Trinajstić information content (AvgIpc) is 2.68. The van der Waals surface area contributed by atoms with Gasteiger partial charge in [-0.1, -0.05) is 12.1 Å². The van der Waals surface area contributed by atoms with Crippen molar-refractivity contribution in [3.63, 3.8) is 0 Å². The topological polar surface area (TPSA) is 50.8 Å². The van der Waals surface area contributed by atoms with Crippen molar-refractivity contribution in [3.05, 3.63) is 58.9 Å². The molecule has 2 aromatic rings. The Morgan fingerprint density at radius 2 is 1.71 bits per heavy atom. The van der Waals surface area contributed by atoms with Crippen LogP contribution in [0.2, 0.25) is 0 Å². The molecule has 2 aromatic carbocycles. The van der Waals surface area contributed by atoms with E-state index in [0.717, 1.165) is 30.0 Å². The van der Waals surface area contributed by atoms with Gasteiger partial charge in [0.25, 0.3) is 0 Å². The maximum Gasteiger partial charge on any atom is 0.234 e. The molecule has 1 amide bonds. The summed E-state index contributed by atoms with van der Waals surface area (Å²) in [6, 6.07) is 10.3. The zero-order chi connectivity index (χ0) is 19.9. The SMILES string of the molecule is CCOc1cc2c(cc1OCC)CN(CC(=O)NCc1ccc(F)cc1)CC2. The number of amides is 1. The Hall–Kier alpha value is -2.60. The van der Waals surface area contributed by atoms with Crippen molar-refractivity contribution in [2.24, 2.45) is 0 Å².